The average Bonchev–Trinajstić information content (AvgIpc) is 2.81. The number of rotatable bonds is 7. The lowest BCUT2D eigenvalue weighted by Crippen LogP contribution is -2.55. The predicted octanol–water partition coefficient (Wildman–Crippen LogP) is 4.42. The van der Waals surface area contributed by atoms with Crippen molar-refractivity contribution in [3.05, 3.63) is 78.4 Å². The first kappa shape index (κ1) is 20.7. The normalized spacial score (nSPS) is 21.7. The molecule has 158 valence electrons. The standard InChI is InChI=1S/C26H32N2O2/c1-2-18-30-24-12-6-10-22(19-24)26(29)28-15-7-11-23-20-27(17-14-25(23)28)16-13-21-8-4-3-5-9-21/h2-6,8-10,12,19,23,25H,1,7,11,13-18,20H2/t23-,25+/m1/s1. The molecule has 0 N–H and O–H groups in total. The zero-order valence-corrected chi connectivity index (χ0v) is 17.7. The monoisotopic (exact) mass is 404 g/mol. The second kappa shape index (κ2) is 9.94. The van der Waals surface area contributed by atoms with E-state index in [4.69, 9.17) is 4.74 Å². The van der Waals surface area contributed by atoms with Crippen LogP contribution in [0.2, 0.25) is 0 Å². The molecule has 0 radical (unpaired) electrons. The Bertz CT molecular complexity index is 851. The smallest absolute Gasteiger partial charge is 0.254 e. The summed E-state index contributed by atoms with van der Waals surface area (Å²) in [5.74, 6) is 1.45. The van der Waals surface area contributed by atoms with E-state index < -0.39 is 0 Å². The lowest BCUT2D eigenvalue weighted by molar-refractivity contribution is 0.0204. The minimum atomic E-state index is 0.145. The summed E-state index contributed by atoms with van der Waals surface area (Å²) in [7, 11) is 0. The number of piperidine rings is 2. The molecule has 4 nitrogen and oxygen atoms in total. The van der Waals surface area contributed by atoms with Crippen molar-refractivity contribution in [2.75, 3.05) is 32.8 Å². The molecule has 0 unspecified atom stereocenters. The van der Waals surface area contributed by atoms with Gasteiger partial charge in [-0.2, -0.15) is 0 Å². The minimum absolute atomic E-state index is 0.145. The van der Waals surface area contributed by atoms with E-state index in [2.05, 4.69) is 46.7 Å². The van der Waals surface area contributed by atoms with Gasteiger partial charge < -0.3 is 14.5 Å². The molecule has 0 spiro atoms. The SMILES string of the molecule is C=CCOc1cccc(C(=O)N2CCC[C@@H]3CN(CCc4ccccc4)CC[C@@H]32)c1. The highest BCUT2D eigenvalue weighted by molar-refractivity contribution is 5.95. The second-order valence-electron chi connectivity index (χ2n) is 8.42. The van der Waals surface area contributed by atoms with E-state index in [1.807, 2.05) is 24.3 Å². The fraction of sp³-hybridized carbons (Fsp3) is 0.423. The highest BCUT2D eigenvalue weighted by Crippen LogP contribution is 2.32. The molecule has 1 amide bonds. The van der Waals surface area contributed by atoms with Crippen LogP contribution in [-0.4, -0.2) is 54.5 Å². The first-order chi connectivity index (χ1) is 14.7. The van der Waals surface area contributed by atoms with E-state index >= 15 is 0 Å². The van der Waals surface area contributed by atoms with Gasteiger partial charge in [0.05, 0.1) is 0 Å². The summed E-state index contributed by atoms with van der Waals surface area (Å²) in [5.41, 5.74) is 2.13. The van der Waals surface area contributed by atoms with Gasteiger partial charge in [-0.25, -0.2) is 0 Å². The van der Waals surface area contributed by atoms with Crippen LogP contribution in [0.1, 0.15) is 35.2 Å². The van der Waals surface area contributed by atoms with E-state index in [9.17, 15) is 4.79 Å². The van der Waals surface area contributed by atoms with Gasteiger partial charge in [-0.05, 0) is 55.4 Å². The maximum Gasteiger partial charge on any atom is 0.254 e. The van der Waals surface area contributed by atoms with Crippen LogP contribution in [0.4, 0.5) is 0 Å². The molecule has 4 heteroatoms. The Balaban J connectivity index is 1.37. The maximum absolute atomic E-state index is 13.3. The molecule has 2 aromatic rings. The zero-order chi connectivity index (χ0) is 20.8. The van der Waals surface area contributed by atoms with E-state index in [1.54, 1.807) is 6.08 Å². The van der Waals surface area contributed by atoms with E-state index in [1.165, 1.54) is 12.0 Å². The van der Waals surface area contributed by atoms with Gasteiger partial charge in [0.15, 0.2) is 0 Å². The van der Waals surface area contributed by atoms with Gasteiger partial charge in [0.1, 0.15) is 12.4 Å². The third-order valence-corrected chi connectivity index (χ3v) is 6.42. The van der Waals surface area contributed by atoms with Crippen LogP contribution in [0.3, 0.4) is 0 Å². The Kier molecular flexibility index (Phi) is 6.85. The molecule has 30 heavy (non-hydrogen) atoms. The van der Waals surface area contributed by atoms with Crippen molar-refractivity contribution < 1.29 is 9.53 Å². The van der Waals surface area contributed by atoms with Gasteiger partial charge in [0.2, 0.25) is 0 Å². The lowest BCUT2D eigenvalue weighted by Gasteiger charge is -2.47. The zero-order valence-electron chi connectivity index (χ0n) is 17.7. The van der Waals surface area contributed by atoms with E-state index in [-0.39, 0.29) is 5.91 Å². The van der Waals surface area contributed by atoms with Gasteiger partial charge in [0, 0.05) is 37.8 Å². The Labute approximate surface area is 180 Å². The number of carbonyl (C=O) groups excluding carboxylic acids is 1. The van der Waals surface area contributed by atoms with Gasteiger partial charge in [-0.3, -0.25) is 4.79 Å². The van der Waals surface area contributed by atoms with E-state index in [0.717, 1.165) is 56.8 Å². The van der Waals surface area contributed by atoms with Crippen molar-refractivity contribution in [2.24, 2.45) is 5.92 Å². The fourth-order valence-corrected chi connectivity index (χ4v) is 4.91. The summed E-state index contributed by atoms with van der Waals surface area (Å²) < 4.78 is 5.62. The van der Waals surface area contributed by atoms with Crippen LogP contribution < -0.4 is 4.74 Å². The Morgan fingerprint density at radius 1 is 1.10 bits per heavy atom. The van der Waals surface area contributed by atoms with Crippen LogP contribution in [0.15, 0.2) is 67.3 Å². The topological polar surface area (TPSA) is 32.8 Å². The molecular formula is C26H32N2O2. The summed E-state index contributed by atoms with van der Waals surface area (Å²) in [6, 6.07) is 18.6. The summed E-state index contributed by atoms with van der Waals surface area (Å²) in [6.45, 7) is 8.27. The molecule has 0 bridgehead atoms. The number of benzene rings is 2. The number of hydrogen-bond acceptors (Lipinski definition) is 3. The molecule has 2 saturated heterocycles. The van der Waals surface area contributed by atoms with Gasteiger partial charge in [0.25, 0.3) is 5.91 Å². The third-order valence-electron chi connectivity index (χ3n) is 6.42. The predicted molar refractivity (Wildman–Crippen MR) is 121 cm³/mol. The van der Waals surface area contributed by atoms with Crippen molar-refractivity contribution in [1.82, 2.24) is 9.80 Å². The molecule has 2 heterocycles. The highest BCUT2D eigenvalue weighted by Gasteiger charge is 2.38. The minimum Gasteiger partial charge on any atom is -0.490 e. The first-order valence-electron chi connectivity index (χ1n) is 11.2. The molecule has 0 saturated carbocycles. The van der Waals surface area contributed by atoms with E-state index in [0.29, 0.717) is 18.6 Å². The fourth-order valence-electron chi connectivity index (χ4n) is 4.91. The van der Waals surface area contributed by atoms with Crippen molar-refractivity contribution >= 4 is 5.91 Å². The van der Waals surface area contributed by atoms with Gasteiger partial charge in [-0.15, -0.1) is 0 Å². The van der Waals surface area contributed by atoms with Gasteiger partial charge >= 0.3 is 0 Å². The molecule has 2 aliphatic rings. The maximum atomic E-state index is 13.3. The Hall–Kier alpha value is -2.59. The number of hydrogen-bond donors (Lipinski definition) is 0. The lowest BCUT2D eigenvalue weighted by atomic mass is 9.83. The van der Waals surface area contributed by atoms with Crippen LogP contribution in [0, 0.1) is 5.92 Å². The summed E-state index contributed by atoms with van der Waals surface area (Å²) in [5, 5.41) is 0. The molecular weight excluding hydrogens is 372 g/mol. The number of fused-ring (bicyclic) bond motifs is 1. The largest absolute Gasteiger partial charge is 0.490 e. The summed E-state index contributed by atoms with van der Waals surface area (Å²) in [6.07, 6.45) is 6.19. The quantitative estimate of drug-likeness (QED) is 0.641. The molecule has 2 aliphatic heterocycles. The molecule has 2 atom stereocenters. The third kappa shape index (κ3) is 4.93. The van der Waals surface area contributed by atoms with Gasteiger partial charge in [-0.1, -0.05) is 49.1 Å². The Morgan fingerprint density at radius 2 is 1.97 bits per heavy atom. The second-order valence-corrected chi connectivity index (χ2v) is 8.42. The number of nitrogens with zero attached hydrogens (tertiary/aromatic N) is 2. The molecule has 0 aliphatic carbocycles. The molecule has 2 fully saturated rings. The Morgan fingerprint density at radius 3 is 2.80 bits per heavy atom. The van der Waals surface area contributed by atoms with Crippen molar-refractivity contribution in [3.63, 3.8) is 0 Å². The van der Waals surface area contributed by atoms with Crippen molar-refractivity contribution in [3.8, 4) is 5.75 Å². The summed E-state index contributed by atoms with van der Waals surface area (Å²) in [4.78, 5) is 18.0. The highest BCUT2D eigenvalue weighted by atomic mass is 16.5. The molecule has 4 rings (SSSR count). The summed E-state index contributed by atoms with van der Waals surface area (Å²) >= 11 is 0. The average molecular weight is 405 g/mol. The molecule has 0 aromatic heterocycles. The number of likely N-dealkylation sites (tertiary alicyclic amines) is 2. The first-order valence-corrected chi connectivity index (χ1v) is 11.2. The van der Waals surface area contributed by atoms with Crippen LogP contribution in [-0.2, 0) is 6.42 Å². The van der Waals surface area contributed by atoms with Crippen LogP contribution in [0.5, 0.6) is 5.75 Å². The number of ether oxygens (including phenoxy) is 1. The van der Waals surface area contributed by atoms with Crippen LogP contribution >= 0.6 is 0 Å². The number of carbonyl (C=O) groups is 1. The number of amides is 1. The van der Waals surface area contributed by atoms with Crippen molar-refractivity contribution in [1.29, 1.82) is 0 Å². The van der Waals surface area contributed by atoms with Crippen LogP contribution in [0.25, 0.3) is 0 Å². The molecule has 2 aromatic carbocycles. The van der Waals surface area contributed by atoms with Crippen molar-refractivity contribution in [2.45, 2.75) is 31.7 Å².